The summed E-state index contributed by atoms with van der Waals surface area (Å²) in [5.41, 5.74) is 3.74. The van der Waals surface area contributed by atoms with Gasteiger partial charge in [0.25, 0.3) is 5.91 Å². The van der Waals surface area contributed by atoms with Gasteiger partial charge in [-0.25, -0.2) is 0 Å². The van der Waals surface area contributed by atoms with Gasteiger partial charge in [-0.05, 0) is 49.1 Å². The number of carbonyl (C=O) groups is 1. The average molecular weight is 367 g/mol. The normalized spacial score (nSPS) is 16.2. The summed E-state index contributed by atoms with van der Waals surface area (Å²) in [6.07, 6.45) is 0.267. The summed E-state index contributed by atoms with van der Waals surface area (Å²) in [4.78, 5) is 17.3. The van der Waals surface area contributed by atoms with Gasteiger partial charge in [0.05, 0.1) is 0 Å². The monoisotopic (exact) mass is 366 g/mol. The van der Waals surface area contributed by atoms with E-state index in [0.29, 0.717) is 6.42 Å². The summed E-state index contributed by atoms with van der Waals surface area (Å²) in [6, 6.07) is 16.5. The van der Waals surface area contributed by atoms with Crippen LogP contribution in [0.1, 0.15) is 30.0 Å². The lowest BCUT2D eigenvalue weighted by atomic mass is 10.1. The molecule has 3 rings (SSSR count). The predicted octanol–water partition coefficient (Wildman–Crippen LogP) is 3.81. The summed E-state index contributed by atoms with van der Waals surface area (Å²) >= 11 is 0. The summed E-state index contributed by atoms with van der Waals surface area (Å²) in [7, 11) is 0. The quantitative estimate of drug-likeness (QED) is 0.779. The molecule has 0 aromatic heterocycles. The number of rotatable bonds is 6. The molecule has 1 amide bonds. The molecule has 1 aliphatic heterocycles. The number of ether oxygens (including phenoxy) is 1. The number of benzene rings is 2. The van der Waals surface area contributed by atoms with Crippen molar-refractivity contribution in [2.75, 3.05) is 26.2 Å². The molecule has 0 bridgehead atoms. The smallest absolute Gasteiger partial charge is 0.263 e. The van der Waals surface area contributed by atoms with Crippen molar-refractivity contribution in [2.24, 2.45) is 0 Å². The highest BCUT2D eigenvalue weighted by Crippen LogP contribution is 2.20. The first kappa shape index (κ1) is 19.4. The lowest BCUT2D eigenvalue weighted by Gasteiger charge is -2.36. The standard InChI is InChI=1S/C23H30N2O2/c1-4-22(27-21-11-10-18(2)19(3)16-21)23(26)25-14-12-24(13-15-25)17-20-8-6-5-7-9-20/h5-11,16,22H,4,12-15,17H2,1-3H3/t22-/m0/s1. The van der Waals surface area contributed by atoms with Gasteiger partial charge in [-0.1, -0.05) is 43.3 Å². The molecule has 4 heteroatoms. The van der Waals surface area contributed by atoms with Crippen LogP contribution in [0.5, 0.6) is 5.75 Å². The van der Waals surface area contributed by atoms with E-state index in [4.69, 9.17) is 4.74 Å². The molecule has 27 heavy (non-hydrogen) atoms. The summed E-state index contributed by atoms with van der Waals surface area (Å²) in [5, 5.41) is 0. The summed E-state index contributed by atoms with van der Waals surface area (Å²) < 4.78 is 6.03. The number of carbonyl (C=O) groups excluding carboxylic acids is 1. The number of nitrogens with zero attached hydrogens (tertiary/aromatic N) is 2. The van der Waals surface area contributed by atoms with Crippen LogP contribution in [0.3, 0.4) is 0 Å². The van der Waals surface area contributed by atoms with Crippen LogP contribution >= 0.6 is 0 Å². The Balaban J connectivity index is 1.54. The van der Waals surface area contributed by atoms with Gasteiger partial charge in [0.1, 0.15) is 5.75 Å². The first-order chi connectivity index (χ1) is 13.1. The fourth-order valence-electron chi connectivity index (χ4n) is 3.43. The zero-order valence-electron chi connectivity index (χ0n) is 16.6. The fourth-order valence-corrected chi connectivity index (χ4v) is 3.43. The third kappa shape index (κ3) is 5.10. The lowest BCUT2D eigenvalue weighted by Crippen LogP contribution is -2.52. The van der Waals surface area contributed by atoms with Crippen molar-refractivity contribution < 1.29 is 9.53 Å². The summed E-state index contributed by atoms with van der Waals surface area (Å²) in [6.45, 7) is 10.4. The molecule has 1 fully saturated rings. The van der Waals surface area contributed by atoms with Gasteiger partial charge in [-0.2, -0.15) is 0 Å². The molecule has 1 atom stereocenters. The van der Waals surface area contributed by atoms with E-state index in [9.17, 15) is 4.79 Å². The van der Waals surface area contributed by atoms with E-state index in [0.717, 1.165) is 38.5 Å². The number of hydrogen-bond acceptors (Lipinski definition) is 3. The Kier molecular flexibility index (Phi) is 6.51. The van der Waals surface area contributed by atoms with Crippen LogP contribution < -0.4 is 4.74 Å². The van der Waals surface area contributed by atoms with Crippen molar-refractivity contribution in [1.29, 1.82) is 0 Å². The Labute approximate surface area is 162 Å². The molecule has 144 valence electrons. The van der Waals surface area contributed by atoms with Crippen molar-refractivity contribution >= 4 is 5.91 Å². The Morgan fingerprint density at radius 3 is 2.33 bits per heavy atom. The highest BCUT2D eigenvalue weighted by atomic mass is 16.5. The average Bonchev–Trinajstić information content (AvgIpc) is 2.69. The zero-order chi connectivity index (χ0) is 19.2. The third-order valence-electron chi connectivity index (χ3n) is 5.34. The second kappa shape index (κ2) is 9.05. The molecular weight excluding hydrogens is 336 g/mol. The van der Waals surface area contributed by atoms with E-state index in [1.54, 1.807) is 0 Å². The van der Waals surface area contributed by atoms with Crippen LogP contribution in [0, 0.1) is 13.8 Å². The van der Waals surface area contributed by atoms with Crippen LogP contribution in [-0.4, -0.2) is 48.0 Å². The van der Waals surface area contributed by atoms with Crippen molar-refractivity contribution in [3.05, 3.63) is 65.2 Å². The first-order valence-corrected chi connectivity index (χ1v) is 9.85. The van der Waals surface area contributed by atoms with Gasteiger partial charge in [0, 0.05) is 32.7 Å². The largest absolute Gasteiger partial charge is 0.481 e. The van der Waals surface area contributed by atoms with E-state index in [1.165, 1.54) is 16.7 Å². The minimum absolute atomic E-state index is 0.107. The molecule has 0 spiro atoms. The zero-order valence-corrected chi connectivity index (χ0v) is 16.6. The maximum atomic E-state index is 12.9. The topological polar surface area (TPSA) is 32.8 Å². The van der Waals surface area contributed by atoms with Gasteiger partial charge in [0.2, 0.25) is 0 Å². The molecule has 0 saturated carbocycles. The highest BCUT2D eigenvalue weighted by Gasteiger charge is 2.27. The predicted molar refractivity (Wildman–Crippen MR) is 109 cm³/mol. The van der Waals surface area contributed by atoms with E-state index in [2.05, 4.69) is 43.0 Å². The first-order valence-electron chi connectivity index (χ1n) is 9.85. The van der Waals surface area contributed by atoms with Crippen molar-refractivity contribution in [3.8, 4) is 5.75 Å². The van der Waals surface area contributed by atoms with E-state index < -0.39 is 6.10 Å². The van der Waals surface area contributed by atoms with Gasteiger partial charge in [-0.15, -0.1) is 0 Å². The second-order valence-corrected chi connectivity index (χ2v) is 7.35. The maximum Gasteiger partial charge on any atom is 0.263 e. The molecule has 2 aromatic rings. The maximum absolute atomic E-state index is 12.9. The van der Waals surface area contributed by atoms with E-state index in [1.807, 2.05) is 36.1 Å². The molecule has 2 aromatic carbocycles. The van der Waals surface area contributed by atoms with Crippen molar-refractivity contribution in [1.82, 2.24) is 9.80 Å². The molecule has 0 N–H and O–H groups in total. The SMILES string of the molecule is CC[C@H](Oc1ccc(C)c(C)c1)C(=O)N1CCN(Cc2ccccc2)CC1. The highest BCUT2D eigenvalue weighted by molar-refractivity contribution is 5.81. The summed E-state index contributed by atoms with van der Waals surface area (Å²) in [5.74, 6) is 0.885. The third-order valence-corrected chi connectivity index (χ3v) is 5.34. The van der Waals surface area contributed by atoms with Gasteiger partial charge in [-0.3, -0.25) is 9.69 Å². The molecule has 1 heterocycles. The van der Waals surface area contributed by atoms with E-state index in [-0.39, 0.29) is 5.91 Å². The minimum atomic E-state index is -0.409. The second-order valence-electron chi connectivity index (χ2n) is 7.35. The minimum Gasteiger partial charge on any atom is -0.481 e. The van der Waals surface area contributed by atoms with Gasteiger partial charge < -0.3 is 9.64 Å². The van der Waals surface area contributed by atoms with Crippen LogP contribution in [-0.2, 0) is 11.3 Å². The Hall–Kier alpha value is -2.33. The van der Waals surface area contributed by atoms with Crippen LogP contribution in [0.2, 0.25) is 0 Å². The number of aryl methyl sites for hydroxylation is 2. The van der Waals surface area contributed by atoms with Crippen LogP contribution in [0.25, 0.3) is 0 Å². The number of amides is 1. The van der Waals surface area contributed by atoms with Crippen LogP contribution in [0.4, 0.5) is 0 Å². The number of hydrogen-bond donors (Lipinski definition) is 0. The van der Waals surface area contributed by atoms with Crippen molar-refractivity contribution in [3.63, 3.8) is 0 Å². The molecule has 0 aliphatic carbocycles. The Morgan fingerprint density at radius 2 is 1.70 bits per heavy atom. The number of piperazine rings is 1. The molecule has 1 aliphatic rings. The van der Waals surface area contributed by atoms with E-state index >= 15 is 0 Å². The fraction of sp³-hybridized carbons (Fsp3) is 0.435. The Morgan fingerprint density at radius 1 is 1.00 bits per heavy atom. The van der Waals surface area contributed by atoms with Gasteiger partial charge >= 0.3 is 0 Å². The molecular formula is C23H30N2O2. The molecule has 0 unspecified atom stereocenters. The molecule has 1 saturated heterocycles. The lowest BCUT2D eigenvalue weighted by molar-refractivity contribution is -0.140. The van der Waals surface area contributed by atoms with Crippen LogP contribution in [0.15, 0.2) is 48.5 Å². The molecule has 0 radical (unpaired) electrons. The Bertz CT molecular complexity index is 752. The van der Waals surface area contributed by atoms with Gasteiger partial charge in [0.15, 0.2) is 6.10 Å². The molecule has 4 nitrogen and oxygen atoms in total. The van der Waals surface area contributed by atoms with Crippen molar-refractivity contribution in [2.45, 2.75) is 39.8 Å².